The summed E-state index contributed by atoms with van der Waals surface area (Å²) < 4.78 is 5.41. The first-order chi connectivity index (χ1) is 24.6. The van der Waals surface area contributed by atoms with Crippen LogP contribution in [-0.4, -0.2) is 59.2 Å². The third kappa shape index (κ3) is 37.2. The molecule has 0 heterocycles. The van der Waals surface area contributed by atoms with Gasteiger partial charge in [-0.2, -0.15) is 0 Å². The van der Waals surface area contributed by atoms with E-state index in [1.807, 2.05) is 0 Å². The van der Waals surface area contributed by atoms with E-state index < -0.39 is 0 Å². The lowest BCUT2D eigenvalue weighted by molar-refractivity contribution is -0.143. The molecule has 6 heteroatoms. The first-order valence-corrected chi connectivity index (χ1v) is 23.1. The smallest absolute Gasteiger partial charge is 0.305 e. The molecule has 0 saturated carbocycles. The molecule has 0 atom stereocenters. The van der Waals surface area contributed by atoms with E-state index in [9.17, 15) is 14.7 Å². The van der Waals surface area contributed by atoms with Crippen LogP contribution < -0.4 is 0 Å². The molecule has 5 nitrogen and oxygen atoms in total. The minimum Gasteiger partial charge on any atom is -0.466 e. The van der Waals surface area contributed by atoms with E-state index in [2.05, 4.69) is 25.7 Å². The Bertz CT molecular complexity index is 690. The molecule has 0 aromatic rings. The zero-order valence-corrected chi connectivity index (χ0v) is 34.8. The van der Waals surface area contributed by atoms with E-state index in [0.29, 0.717) is 23.4 Å². The molecular formula is C44H87NO4S. The third-order valence-electron chi connectivity index (χ3n) is 10.2. The van der Waals surface area contributed by atoms with Crippen LogP contribution >= 0.6 is 11.8 Å². The van der Waals surface area contributed by atoms with Crippen molar-refractivity contribution in [2.45, 2.75) is 238 Å². The van der Waals surface area contributed by atoms with Crippen molar-refractivity contribution in [2.75, 3.05) is 32.8 Å². The number of aliphatic hydroxyl groups is 1. The molecule has 50 heavy (non-hydrogen) atoms. The lowest BCUT2D eigenvalue weighted by Gasteiger charge is -2.21. The monoisotopic (exact) mass is 726 g/mol. The van der Waals surface area contributed by atoms with Gasteiger partial charge in [0.1, 0.15) is 0 Å². The summed E-state index contributed by atoms with van der Waals surface area (Å²) in [5.41, 5.74) is 0. The van der Waals surface area contributed by atoms with Gasteiger partial charge in [-0.05, 0) is 58.0 Å². The Morgan fingerprint density at radius 1 is 0.500 bits per heavy atom. The van der Waals surface area contributed by atoms with E-state index in [0.717, 1.165) is 71.0 Å². The van der Waals surface area contributed by atoms with Crippen molar-refractivity contribution in [3.8, 4) is 0 Å². The van der Waals surface area contributed by atoms with Gasteiger partial charge in [0.15, 0.2) is 5.12 Å². The molecule has 0 bridgehead atoms. The highest BCUT2D eigenvalue weighted by atomic mass is 32.2. The van der Waals surface area contributed by atoms with Gasteiger partial charge < -0.3 is 14.7 Å². The van der Waals surface area contributed by atoms with Crippen LogP contribution in [0.1, 0.15) is 233 Å². The second-order valence-corrected chi connectivity index (χ2v) is 16.5. The fourth-order valence-electron chi connectivity index (χ4n) is 6.88. The van der Waals surface area contributed by atoms with Crippen LogP contribution in [0, 0.1) is 0 Å². The normalized spacial score (nSPS) is 11.6. The second-order valence-electron chi connectivity index (χ2n) is 15.2. The largest absolute Gasteiger partial charge is 0.466 e. The lowest BCUT2D eigenvalue weighted by atomic mass is 10.0. The molecule has 0 aliphatic heterocycles. The third-order valence-corrected chi connectivity index (χ3v) is 11.5. The van der Waals surface area contributed by atoms with Crippen molar-refractivity contribution in [2.24, 2.45) is 0 Å². The lowest BCUT2D eigenvalue weighted by Crippen LogP contribution is -2.29. The van der Waals surface area contributed by atoms with Gasteiger partial charge in [0.2, 0.25) is 0 Å². The Labute approximate surface area is 317 Å². The predicted octanol–water partition coefficient (Wildman–Crippen LogP) is 13.4. The summed E-state index contributed by atoms with van der Waals surface area (Å²) in [7, 11) is 0. The van der Waals surface area contributed by atoms with Gasteiger partial charge in [-0.15, -0.1) is 0 Å². The van der Waals surface area contributed by atoms with Crippen LogP contribution in [-0.2, 0) is 14.3 Å². The van der Waals surface area contributed by atoms with Crippen LogP contribution in [0.15, 0.2) is 0 Å². The van der Waals surface area contributed by atoms with Gasteiger partial charge in [-0.3, -0.25) is 9.59 Å². The molecule has 298 valence electrons. The zero-order valence-electron chi connectivity index (χ0n) is 34.0. The zero-order chi connectivity index (χ0) is 36.6. The number of hydrogen-bond donors (Lipinski definition) is 1. The van der Waals surface area contributed by atoms with Gasteiger partial charge in [0.25, 0.3) is 0 Å². The molecule has 0 unspecified atom stereocenters. The molecule has 0 fully saturated rings. The molecular weight excluding hydrogens is 639 g/mol. The molecule has 0 rings (SSSR count). The van der Waals surface area contributed by atoms with E-state index in [1.54, 1.807) is 11.8 Å². The van der Waals surface area contributed by atoms with Crippen molar-refractivity contribution in [1.82, 2.24) is 4.90 Å². The van der Waals surface area contributed by atoms with Gasteiger partial charge in [0, 0.05) is 24.6 Å². The Balaban J connectivity index is 3.94. The number of aliphatic hydroxyl groups excluding tert-OH is 1. The van der Waals surface area contributed by atoms with E-state index in [4.69, 9.17) is 4.74 Å². The maximum absolute atomic E-state index is 12.9. The van der Waals surface area contributed by atoms with E-state index in [1.165, 1.54) is 154 Å². The Hall–Kier alpha value is -0.590. The molecule has 0 radical (unpaired) electrons. The Morgan fingerprint density at radius 3 is 1.38 bits per heavy atom. The average Bonchev–Trinajstić information content (AvgIpc) is 3.11. The molecule has 1 N–H and O–H groups in total. The number of rotatable bonds is 41. The van der Waals surface area contributed by atoms with Gasteiger partial charge in [0.05, 0.1) is 13.2 Å². The van der Waals surface area contributed by atoms with E-state index >= 15 is 0 Å². The van der Waals surface area contributed by atoms with Crippen LogP contribution in [0.25, 0.3) is 0 Å². The summed E-state index contributed by atoms with van der Waals surface area (Å²) in [5.74, 6) is -0.0261. The number of thioether (sulfide) groups is 1. The minimum atomic E-state index is -0.0261. The summed E-state index contributed by atoms with van der Waals surface area (Å²) in [6, 6.07) is 0. The van der Waals surface area contributed by atoms with Crippen molar-refractivity contribution < 1.29 is 19.4 Å². The Morgan fingerprint density at radius 2 is 0.900 bits per heavy atom. The number of esters is 1. The van der Waals surface area contributed by atoms with Crippen LogP contribution in [0.5, 0.6) is 0 Å². The summed E-state index contributed by atoms with van der Waals surface area (Å²) in [5, 5.41) is 10.5. The van der Waals surface area contributed by atoms with Crippen LogP contribution in [0.2, 0.25) is 0 Å². The first-order valence-electron chi connectivity index (χ1n) is 22.3. The fourth-order valence-corrected chi connectivity index (χ4v) is 8.08. The average molecular weight is 726 g/mol. The molecule has 0 saturated heterocycles. The first kappa shape index (κ1) is 49.4. The second kappa shape index (κ2) is 41.2. The van der Waals surface area contributed by atoms with Crippen molar-refractivity contribution in [1.29, 1.82) is 0 Å². The number of carbonyl (C=O) groups is 2. The highest BCUT2D eigenvalue weighted by Crippen LogP contribution is 2.27. The number of nitrogens with zero attached hydrogens (tertiary/aromatic N) is 1. The molecule has 0 aliphatic carbocycles. The van der Waals surface area contributed by atoms with Crippen LogP contribution in [0.3, 0.4) is 0 Å². The summed E-state index contributed by atoms with van der Waals surface area (Å²) >= 11 is 1.69. The van der Waals surface area contributed by atoms with Gasteiger partial charge in [-0.1, -0.05) is 187 Å². The maximum atomic E-state index is 12.9. The minimum absolute atomic E-state index is 0.0261. The number of ether oxygens (including phenoxy) is 1. The van der Waals surface area contributed by atoms with Crippen LogP contribution in [0.4, 0.5) is 0 Å². The molecule has 0 aliphatic rings. The van der Waals surface area contributed by atoms with E-state index in [-0.39, 0.29) is 12.6 Å². The summed E-state index contributed by atoms with van der Waals surface area (Å²) in [6.07, 6.45) is 39.7. The molecule has 0 aromatic carbocycles. The number of unbranched alkanes of at least 4 members (excludes halogenated alkanes) is 24. The van der Waals surface area contributed by atoms with Crippen molar-refractivity contribution in [3.05, 3.63) is 0 Å². The standard InChI is InChI=1S/C44H87NO4S/c1-4-7-10-13-16-25-32-41-49-43(47)35-28-21-17-23-30-37-45(39-40-46)38-31-24-18-22-29-36-44(48)50-42(33-26-19-14-11-8-5-2)34-27-20-15-12-9-6-3/h42,46H,4-41H2,1-3H3. The number of hydrogen-bond acceptors (Lipinski definition) is 6. The summed E-state index contributed by atoms with van der Waals surface area (Å²) in [4.78, 5) is 27.3. The highest BCUT2D eigenvalue weighted by molar-refractivity contribution is 8.14. The number of carbonyl (C=O) groups excluding carboxylic acids is 2. The molecule has 0 spiro atoms. The molecule has 0 amide bonds. The molecule has 0 aromatic heterocycles. The topological polar surface area (TPSA) is 66.8 Å². The SMILES string of the molecule is CCCCCCCCCOC(=O)CCCCCCCN(CCO)CCCCCCCC(=O)SC(CCCCCCCC)CCCCCCCC. The maximum Gasteiger partial charge on any atom is 0.305 e. The predicted molar refractivity (Wildman–Crippen MR) is 220 cm³/mol. The Kier molecular flexibility index (Phi) is 40.7. The van der Waals surface area contributed by atoms with Gasteiger partial charge >= 0.3 is 5.97 Å². The van der Waals surface area contributed by atoms with Gasteiger partial charge in [-0.25, -0.2) is 0 Å². The summed E-state index contributed by atoms with van der Waals surface area (Å²) in [6.45, 7) is 10.5. The highest BCUT2D eigenvalue weighted by Gasteiger charge is 2.14. The fraction of sp³-hybridized carbons (Fsp3) is 0.955. The van der Waals surface area contributed by atoms with Crippen molar-refractivity contribution in [3.63, 3.8) is 0 Å². The quantitative estimate of drug-likeness (QED) is 0.0500. The van der Waals surface area contributed by atoms with Crippen molar-refractivity contribution >= 4 is 22.8 Å².